The van der Waals surface area contributed by atoms with Crippen LogP contribution in [0.1, 0.15) is 61.6 Å². The van der Waals surface area contributed by atoms with Crippen LogP contribution in [0.3, 0.4) is 0 Å². The highest BCUT2D eigenvalue weighted by atomic mass is 35.5. The lowest BCUT2D eigenvalue weighted by Crippen LogP contribution is -2.06. The lowest BCUT2D eigenvalue weighted by atomic mass is 9.85. The fraction of sp³-hybridized carbons (Fsp3) is 0.529. The molecule has 0 N–H and O–H groups in total. The first-order chi connectivity index (χ1) is 8.76. The van der Waals surface area contributed by atoms with Gasteiger partial charge in [0.05, 0.1) is 0 Å². The minimum absolute atomic E-state index is 0.430. The summed E-state index contributed by atoms with van der Waals surface area (Å²) in [5.41, 5.74) is 4.22. The van der Waals surface area contributed by atoms with Crippen LogP contribution in [0.25, 0.3) is 0 Å². The van der Waals surface area contributed by atoms with Crippen LogP contribution in [0.15, 0.2) is 12.1 Å². The molecule has 1 unspecified atom stereocenters. The van der Waals surface area contributed by atoms with Gasteiger partial charge in [-0.25, -0.2) is 0 Å². The fourth-order valence-electron chi connectivity index (χ4n) is 2.95. The monoisotopic (exact) mass is 260 g/mol. The van der Waals surface area contributed by atoms with E-state index in [0.29, 0.717) is 5.92 Å². The van der Waals surface area contributed by atoms with Crippen LogP contribution < -0.4 is 0 Å². The third-order valence-electron chi connectivity index (χ3n) is 3.90. The van der Waals surface area contributed by atoms with E-state index in [1.807, 2.05) is 0 Å². The zero-order valence-corrected chi connectivity index (χ0v) is 11.9. The zero-order chi connectivity index (χ0) is 13.0. The van der Waals surface area contributed by atoms with Gasteiger partial charge in [0.25, 0.3) is 0 Å². The van der Waals surface area contributed by atoms with Gasteiger partial charge in [-0.3, -0.25) is 0 Å². The van der Waals surface area contributed by atoms with Gasteiger partial charge in [0.15, 0.2) is 0 Å². The van der Waals surface area contributed by atoms with Gasteiger partial charge in [-0.2, -0.15) is 0 Å². The maximum Gasteiger partial charge on any atom is 0.0444 e. The maximum absolute atomic E-state index is 6.46. The van der Waals surface area contributed by atoms with Crippen molar-refractivity contribution in [3.05, 3.63) is 33.8 Å². The molecule has 1 heteroatoms. The number of fused-ring (bicyclic) bond motifs is 1. The minimum atomic E-state index is 0.430. The Bertz CT molecular complexity index is 453. The Hall–Kier alpha value is -0.930. The highest BCUT2D eigenvalue weighted by Crippen LogP contribution is 2.35. The molecule has 0 amide bonds. The smallest absolute Gasteiger partial charge is 0.0444 e. The SMILES string of the molecule is C#CCC(CCC)c1cc2c(cc1Cl)CCCC2. The van der Waals surface area contributed by atoms with Gasteiger partial charge in [0, 0.05) is 11.4 Å². The van der Waals surface area contributed by atoms with E-state index in [-0.39, 0.29) is 0 Å². The van der Waals surface area contributed by atoms with Gasteiger partial charge >= 0.3 is 0 Å². The number of aryl methyl sites for hydroxylation is 2. The lowest BCUT2D eigenvalue weighted by molar-refractivity contribution is 0.623. The van der Waals surface area contributed by atoms with E-state index in [1.165, 1.54) is 42.4 Å². The number of halogens is 1. The molecule has 1 aliphatic rings. The van der Waals surface area contributed by atoms with Crippen molar-refractivity contribution in [3.63, 3.8) is 0 Å². The Morgan fingerprint density at radius 3 is 2.56 bits per heavy atom. The van der Waals surface area contributed by atoms with Crippen molar-refractivity contribution in [1.29, 1.82) is 0 Å². The quantitative estimate of drug-likeness (QED) is 0.659. The molecule has 0 saturated heterocycles. The van der Waals surface area contributed by atoms with Crippen molar-refractivity contribution in [1.82, 2.24) is 0 Å². The van der Waals surface area contributed by atoms with Gasteiger partial charge in [-0.05, 0) is 60.8 Å². The van der Waals surface area contributed by atoms with Crippen molar-refractivity contribution in [3.8, 4) is 12.3 Å². The molecular weight excluding hydrogens is 240 g/mol. The van der Waals surface area contributed by atoms with Gasteiger partial charge in [0.2, 0.25) is 0 Å². The third kappa shape index (κ3) is 2.90. The molecule has 1 aromatic carbocycles. The van der Waals surface area contributed by atoms with Crippen molar-refractivity contribution in [2.24, 2.45) is 0 Å². The second kappa shape index (κ2) is 6.30. The molecule has 0 fully saturated rings. The van der Waals surface area contributed by atoms with E-state index in [2.05, 4.69) is 25.0 Å². The number of terminal acetylenes is 1. The number of rotatable bonds is 4. The van der Waals surface area contributed by atoms with Gasteiger partial charge in [0.1, 0.15) is 0 Å². The second-order valence-electron chi connectivity index (χ2n) is 5.24. The average molecular weight is 261 g/mol. The molecule has 96 valence electrons. The van der Waals surface area contributed by atoms with Crippen LogP contribution in [0.4, 0.5) is 0 Å². The Labute approximate surface area is 116 Å². The lowest BCUT2D eigenvalue weighted by Gasteiger charge is -2.21. The topological polar surface area (TPSA) is 0 Å². The minimum Gasteiger partial charge on any atom is -0.120 e. The number of benzene rings is 1. The Kier molecular flexibility index (Phi) is 4.72. The van der Waals surface area contributed by atoms with E-state index >= 15 is 0 Å². The summed E-state index contributed by atoms with van der Waals surface area (Å²) in [4.78, 5) is 0. The summed E-state index contributed by atoms with van der Waals surface area (Å²) in [5.74, 6) is 3.23. The molecule has 2 rings (SSSR count). The molecule has 0 spiro atoms. The van der Waals surface area contributed by atoms with E-state index in [1.54, 1.807) is 0 Å². The molecule has 1 aromatic rings. The normalized spacial score (nSPS) is 15.8. The van der Waals surface area contributed by atoms with Gasteiger partial charge in [-0.1, -0.05) is 31.0 Å². The van der Waals surface area contributed by atoms with Crippen LogP contribution in [-0.4, -0.2) is 0 Å². The van der Waals surface area contributed by atoms with Crippen LogP contribution in [-0.2, 0) is 12.8 Å². The predicted molar refractivity (Wildman–Crippen MR) is 79.2 cm³/mol. The number of hydrogen-bond acceptors (Lipinski definition) is 0. The van der Waals surface area contributed by atoms with Crippen LogP contribution in [0.2, 0.25) is 5.02 Å². The first kappa shape index (κ1) is 13.5. The standard InChI is InChI=1S/C17H21Cl/c1-3-7-13(8-4-2)16-11-14-9-5-6-10-15(14)12-17(16)18/h1,11-13H,4-10H2,2H3. The first-order valence-corrected chi connectivity index (χ1v) is 7.38. The summed E-state index contributed by atoms with van der Waals surface area (Å²) in [6.45, 7) is 2.20. The van der Waals surface area contributed by atoms with E-state index in [4.69, 9.17) is 18.0 Å². The molecule has 0 radical (unpaired) electrons. The molecule has 0 aliphatic heterocycles. The van der Waals surface area contributed by atoms with Crippen molar-refractivity contribution in [2.45, 2.75) is 57.8 Å². The van der Waals surface area contributed by atoms with Crippen LogP contribution in [0.5, 0.6) is 0 Å². The van der Waals surface area contributed by atoms with Crippen LogP contribution >= 0.6 is 11.6 Å². The highest BCUT2D eigenvalue weighted by Gasteiger charge is 2.17. The van der Waals surface area contributed by atoms with Crippen LogP contribution in [0, 0.1) is 12.3 Å². The van der Waals surface area contributed by atoms with Crippen molar-refractivity contribution >= 4 is 11.6 Å². The molecule has 0 nitrogen and oxygen atoms in total. The predicted octanol–water partition coefficient (Wildman–Crippen LogP) is 5.13. The largest absolute Gasteiger partial charge is 0.120 e. The summed E-state index contributed by atoms with van der Waals surface area (Å²) >= 11 is 6.46. The van der Waals surface area contributed by atoms with Crippen molar-refractivity contribution < 1.29 is 0 Å². The van der Waals surface area contributed by atoms with Crippen molar-refractivity contribution in [2.75, 3.05) is 0 Å². The molecule has 18 heavy (non-hydrogen) atoms. The Morgan fingerprint density at radius 1 is 1.28 bits per heavy atom. The summed E-state index contributed by atoms with van der Waals surface area (Å²) < 4.78 is 0. The average Bonchev–Trinajstić information content (AvgIpc) is 2.38. The molecule has 0 heterocycles. The van der Waals surface area contributed by atoms with Gasteiger partial charge in [-0.15, -0.1) is 12.3 Å². The van der Waals surface area contributed by atoms with E-state index in [9.17, 15) is 0 Å². The molecule has 1 aliphatic carbocycles. The molecular formula is C17H21Cl. The molecule has 0 aromatic heterocycles. The van der Waals surface area contributed by atoms with E-state index in [0.717, 1.165) is 24.3 Å². The zero-order valence-electron chi connectivity index (χ0n) is 11.1. The summed E-state index contributed by atoms with van der Waals surface area (Å²) in [7, 11) is 0. The van der Waals surface area contributed by atoms with E-state index < -0.39 is 0 Å². The number of hydrogen-bond donors (Lipinski definition) is 0. The first-order valence-electron chi connectivity index (χ1n) is 7.01. The molecule has 0 bridgehead atoms. The summed E-state index contributed by atoms with van der Waals surface area (Å²) in [6.07, 6.45) is 13.6. The Morgan fingerprint density at radius 2 is 1.94 bits per heavy atom. The molecule has 1 atom stereocenters. The third-order valence-corrected chi connectivity index (χ3v) is 4.23. The molecule has 0 saturated carbocycles. The second-order valence-corrected chi connectivity index (χ2v) is 5.65. The summed E-state index contributed by atoms with van der Waals surface area (Å²) in [5, 5.41) is 0.921. The maximum atomic E-state index is 6.46. The van der Waals surface area contributed by atoms with Gasteiger partial charge < -0.3 is 0 Å². The fourth-order valence-corrected chi connectivity index (χ4v) is 3.29. The Balaban J connectivity index is 2.34. The summed E-state index contributed by atoms with van der Waals surface area (Å²) in [6, 6.07) is 4.51. The highest BCUT2D eigenvalue weighted by molar-refractivity contribution is 6.31.